The summed E-state index contributed by atoms with van der Waals surface area (Å²) in [5, 5.41) is 7.28. The van der Waals surface area contributed by atoms with Crippen molar-refractivity contribution in [2.75, 3.05) is 20.1 Å². The first-order valence-electron chi connectivity index (χ1n) is 9.18. The molecule has 2 aromatic rings. The van der Waals surface area contributed by atoms with Gasteiger partial charge in [-0.25, -0.2) is 18.1 Å². The molecule has 0 heterocycles. The first-order valence-corrected chi connectivity index (χ1v) is 11.2. The topological polar surface area (TPSA) is 82.6 Å². The molecule has 2 rings (SSSR count). The lowest BCUT2D eigenvalue weighted by Crippen LogP contribution is -2.38. The highest BCUT2D eigenvalue weighted by atomic mass is 35.5. The van der Waals surface area contributed by atoms with Gasteiger partial charge in [0, 0.05) is 18.1 Å². The van der Waals surface area contributed by atoms with Crippen LogP contribution in [0.3, 0.4) is 0 Å². The Balaban J connectivity index is 1.97. The molecule has 152 valence electrons. The van der Waals surface area contributed by atoms with E-state index >= 15 is 0 Å². The van der Waals surface area contributed by atoms with E-state index in [9.17, 15) is 8.42 Å². The number of rotatable bonds is 9. The van der Waals surface area contributed by atoms with E-state index in [1.54, 1.807) is 6.07 Å². The lowest BCUT2D eigenvalue weighted by molar-refractivity contribution is 0.587. The Labute approximate surface area is 172 Å². The molecule has 0 bridgehead atoms. The first-order chi connectivity index (χ1) is 13.4. The summed E-state index contributed by atoms with van der Waals surface area (Å²) in [4.78, 5) is 4.59. The van der Waals surface area contributed by atoms with Gasteiger partial charge in [0.2, 0.25) is 10.0 Å². The fourth-order valence-corrected chi connectivity index (χ4v) is 3.63. The second kappa shape index (κ2) is 11.0. The highest BCUT2D eigenvalue weighted by molar-refractivity contribution is 7.88. The van der Waals surface area contributed by atoms with Gasteiger partial charge in [0.25, 0.3) is 0 Å². The predicted octanol–water partition coefficient (Wildman–Crippen LogP) is 2.69. The minimum absolute atomic E-state index is 0.0444. The minimum atomic E-state index is -3.29. The summed E-state index contributed by atoms with van der Waals surface area (Å²) in [6.45, 7) is 3.91. The molecular weight excluding hydrogens is 396 g/mol. The summed E-state index contributed by atoms with van der Waals surface area (Å²) in [6.07, 6.45) is 0.793. The van der Waals surface area contributed by atoms with E-state index in [1.807, 2.05) is 49.4 Å². The van der Waals surface area contributed by atoms with E-state index in [0.717, 1.165) is 34.7 Å². The molecule has 0 aliphatic heterocycles. The Hall–Kier alpha value is -2.09. The van der Waals surface area contributed by atoms with Crippen molar-refractivity contribution in [1.82, 2.24) is 15.4 Å². The SMILES string of the molecule is CCNC(=NCc1cccc(CS(=O)(=O)NC)c1)NCCc1ccccc1Cl. The summed E-state index contributed by atoms with van der Waals surface area (Å²) in [5.74, 6) is 0.666. The summed E-state index contributed by atoms with van der Waals surface area (Å²) >= 11 is 6.19. The first kappa shape index (κ1) is 22.2. The van der Waals surface area contributed by atoms with Gasteiger partial charge in [0.15, 0.2) is 5.96 Å². The number of halogens is 1. The molecule has 28 heavy (non-hydrogen) atoms. The number of nitrogens with zero attached hydrogens (tertiary/aromatic N) is 1. The van der Waals surface area contributed by atoms with Crippen molar-refractivity contribution in [1.29, 1.82) is 0 Å². The zero-order valence-corrected chi connectivity index (χ0v) is 17.8. The molecule has 0 saturated carbocycles. The molecule has 0 aromatic heterocycles. The summed E-state index contributed by atoms with van der Waals surface area (Å²) in [7, 11) is -1.88. The quantitative estimate of drug-likeness (QED) is 0.428. The molecule has 0 aliphatic carbocycles. The van der Waals surface area contributed by atoms with Crippen molar-refractivity contribution in [3.63, 3.8) is 0 Å². The largest absolute Gasteiger partial charge is 0.357 e. The number of aliphatic imine (C=N–C) groups is 1. The van der Waals surface area contributed by atoms with Crippen molar-refractivity contribution in [2.45, 2.75) is 25.6 Å². The fraction of sp³-hybridized carbons (Fsp3) is 0.350. The zero-order valence-electron chi connectivity index (χ0n) is 16.2. The number of hydrogen-bond donors (Lipinski definition) is 3. The molecule has 0 unspecified atom stereocenters. The molecule has 3 N–H and O–H groups in total. The van der Waals surface area contributed by atoms with E-state index in [1.165, 1.54) is 7.05 Å². The Kier molecular flexibility index (Phi) is 8.76. The van der Waals surface area contributed by atoms with Crippen LogP contribution in [-0.4, -0.2) is 34.5 Å². The van der Waals surface area contributed by atoms with Crippen LogP contribution in [0.25, 0.3) is 0 Å². The maximum atomic E-state index is 11.7. The molecule has 0 fully saturated rings. The standard InChI is InChI=1S/C20H27ClN4O2S/c1-3-23-20(24-12-11-18-9-4-5-10-19(18)21)25-14-16-7-6-8-17(13-16)15-28(26,27)22-2/h4-10,13,22H,3,11-12,14-15H2,1-2H3,(H2,23,24,25). The van der Waals surface area contributed by atoms with Crippen LogP contribution in [0.2, 0.25) is 5.02 Å². The van der Waals surface area contributed by atoms with E-state index < -0.39 is 10.0 Å². The maximum absolute atomic E-state index is 11.7. The molecule has 6 nitrogen and oxygen atoms in total. The average molecular weight is 423 g/mol. The van der Waals surface area contributed by atoms with Gasteiger partial charge in [0.1, 0.15) is 0 Å². The maximum Gasteiger partial charge on any atom is 0.215 e. The van der Waals surface area contributed by atoms with E-state index in [0.29, 0.717) is 19.0 Å². The van der Waals surface area contributed by atoms with Crippen LogP contribution in [0.5, 0.6) is 0 Å². The van der Waals surface area contributed by atoms with Crippen molar-refractivity contribution >= 4 is 27.6 Å². The second-order valence-electron chi connectivity index (χ2n) is 6.25. The number of sulfonamides is 1. The third-order valence-corrected chi connectivity index (χ3v) is 5.77. The summed E-state index contributed by atoms with van der Waals surface area (Å²) < 4.78 is 25.8. The molecule has 0 atom stereocenters. The van der Waals surface area contributed by atoms with Gasteiger partial charge in [-0.05, 0) is 43.1 Å². The number of guanidine groups is 1. The third-order valence-electron chi connectivity index (χ3n) is 4.07. The van der Waals surface area contributed by atoms with Crippen molar-refractivity contribution in [3.8, 4) is 0 Å². The fourth-order valence-electron chi connectivity index (χ4n) is 2.64. The summed E-state index contributed by atoms with van der Waals surface area (Å²) in [6, 6.07) is 15.2. The number of nitrogens with one attached hydrogen (secondary N) is 3. The minimum Gasteiger partial charge on any atom is -0.357 e. The van der Waals surface area contributed by atoms with Gasteiger partial charge < -0.3 is 10.6 Å². The molecule has 0 spiro atoms. The highest BCUT2D eigenvalue weighted by Crippen LogP contribution is 2.14. The molecular formula is C20H27ClN4O2S. The van der Waals surface area contributed by atoms with Gasteiger partial charge in [-0.1, -0.05) is 54.1 Å². The van der Waals surface area contributed by atoms with Gasteiger partial charge in [-0.3, -0.25) is 0 Å². The van der Waals surface area contributed by atoms with Crippen LogP contribution >= 0.6 is 11.6 Å². The molecule has 0 saturated heterocycles. The average Bonchev–Trinajstić information content (AvgIpc) is 2.67. The number of benzene rings is 2. The zero-order chi connectivity index (χ0) is 20.4. The third kappa shape index (κ3) is 7.50. The molecule has 2 aromatic carbocycles. The molecule has 8 heteroatoms. The summed E-state index contributed by atoms with van der Waals surface area (Å²) in [5.41, 5.74) is 2.77. The Morgan fingerprint density at radius 3 is 2.54 bits per heavy atom. The van der Waals surface area contributed by atoms with Crippen molar-refractivity contribution in [2.24, 2.45) is 4.99 Å². The molecule has 0 amide bonds. The van der Waals surface area contributed by atoms with Gasteiger partial charge >= 0.3 is 0 Å². The Bertz CT molecular complexity index is 901. The van der Waals surface area contributed by atoms with Gasteiger partial charge in [-0.15, -0.1) is 0 Å². The van der Waals surface area contributed by atoms with Crippen LogP contribution in [0.15, 0.2) is 53.5 Å². The Morgan fingerprint density at radius 2 is 1.82 bits per heavy atom. The lowest BCUT2D eigenvalue weighted by atomic mass is 10.1. The lowest BCUT2D eigenvalue weighted by Gasteiger charge is -2.12. The predicted molar refractivity (Wildman–Crippen MR) is 116 cm³/mol. The van der Waals surface area contributed by atoms with Gasteiger partial charge in [-0.2, -0.15) is 0 Å². The van der Waals surface area contributed by atoms with Crippen LogP contribution in [-0.2, 0) is 28.7 Å². The molecule has 0 radical (unpaired) electrons. The van der Waals surface area contributed by atoms with Crippen LogP contribution in [0.4, 0.5) is 0 Å². The molecule has 0 aliphatic rings. The van der Waals surface area contributed by atoms with E-state index in [2.05, 4.69) is 20.3 Å². The second-order valence-corrected chi connectivity index (χ2v) is 8.58. The highest BCUT2D eigenvalue weighted by Gasteiger charge is 2.08. The van der Waals surface area contributed by atoms with Crippen molar-refractivity contribution < 1.29 is 8.42 Å². The van der Waals surface area contributed by atoms with Crippen LogP contribution < -0.4 is 15.4 Å². The van der Waals surface area contributed by atoms with Crippen LogP contribution in [0.1, 0.15) is 23.6 Å². The normalized spacial score (nSPS) is 12.0. The van der Waals surface area contributed by atoms with E-state index in [4.69, 9.17) is 11.6 Å². The smallest absolute Gasteiger partial charge is 0.215 e. The number of hydrogen-bond acceptors (Lipinski definition) is 3. The van der Waals surface area contributed by atoms with E-state index in [-0.39, 0.29) is 5.75 Å². The van der Waals surface area contributed by atoms with Crippen LogP contribution in [0, 0.1) is 0 Å². The van der Waals surface area contributed by atoms with Crippen molar-refractivity contribution in [3.05, 3.63) is 70.2 Å². The van der Waals surface area contributed by atoms with Gasteiger partial charge in [0.05, 0.1) is 12.3 Å². The monoisotopic (exact) mass is 422 g/mol. The Morgan fingerprint density at radius 1 is 1.07 bits per heavy atom.